The zero-order chi connectivity index (χ0) is 12.4. The number of nitrogens with zero attached hydrogens (tertiary/aromatic N) is 5. The molecule has 5 heteroatoms. The molecule has 19 heavy (non-hydrogen) atoms. The van der Waals surface area contributed by atoms with E-state index in [0.717, 1.165) is 12.1 Å². The van der Waals surface area contributed by atoms with Crippen molar-refractivity contribution in [3.8, 4) is 11.3 Å². The number of imidazole rings is 2. The largest absolute Gasteiger partial charge is 0.278 e. The van der Waals surface area contributed by atoms with Crippen LogP contribution in [0.3, 0.4) is 0 Å². The van der Waals surface area contributed by atoms with E-state index in [1.165, 1.54) is 22.5 Å². The van der Waals surface area contributed by atoms with Gasteiger partial charge < -0.3 is 0 Å². The monoisotopic (exact) mass is 248 g/mol. The fourth-order valence-electron chi connectivity index (χ4n) is 3.01. The molecule has 0 spiro atoms. The van der Waals surface area contributed by atoms with E-state index >= 15 is 0 Å². The third kappa shape index (κ3) is 1.03. The highest BCUT2D eigenvalue weighted by Gasteiger charge is 2.29. The van der Waals surface area contributed by atoms with Gasteiger partial charge in [-0.15, -0.1) is 0 Å². The van der Waals surface area contributed by atoms with E-state index < -0.39 is 0 Å². The predicted molar refractivity (Wildman–Crippen MR) is 68.7 cm³/mol. The SMILES string of the molecule is c1cc2c(cn1)Cn1c[n+]3cc4cnccn4c3c1-2. The number of pyridine rings is 1. The molecule has 0 unspecified atom stereocenters. The number of rotatable bonds is 0. The van der Waals surface area contributed by atoms with Crippen LogP contribution in [0.4, 0.5) is 0 Å². The fourth-order valence-corrected chi connectivity index (χ4v) is 3.01. The van der Waals surface area contributed by atoms with Gasteiger partial charge in [-0.1, -0.05) is 0 Å². The Kier molecular flexibility index (Phi) is 1.46. The lowest BCUT2D eigenvalue weighted by Crippen LogP contribution is -2.15. The molecule has 0 amide bonds. The van der Waals surface area contributed by atoms with Crippen LogP contribution < -0.4 is 4.40 Å². The summed E-state index contributed by atoms with van der Waals surface area (Å²) in [6.45, 7) is 0.896. The van der Waals surface area contributed by atoms with Gasteiger partial charge in [0.05, 0.1) is 25.1 Å². The van der Waals surface area contributed by atoms with Gasteiger partial charge in [0.1, 0.15) is 6.20 Å². The molecular weight excluding hydrogens is 238 g/mol. The predicted octanol–water partition coefficient (Wildman–Crippen LogP) is 1.30. The van der Waals surface area contributed by atoms with Gasteiger partial charge in [-0.25, -0.2) is 8.80 Å². The molecule has 0 saturated carbocycles. The van der Waals surface area contributed by atoms with Crippen molar-refractivity contribution in [3.05, 3.63) is 55.1 Å². The van der Waals surface area contributed by atoms with Gasteiger partial charge in [0, 0.05) is 23.5 Å². The fraction of sp³-hybridized carbons (Fsp3) is 0.0714. The van der Waals surface area contributed by atoms with E-state index in [0.29, 0.717) is 0 Å². The van der Waals surface area contributed by atoms with E-state index in [4.69, 9.17) is 0 Å². The zero-order valence-corrected chi connectivity index (χ0v) is 10.1. The Morgan fingerprint density at radius 2 is 2.11 bits per heavy atom. The Morgan fingerprint density at radius 3 is 3.11 bits per heavy atom. The van der Waals surface area contributed by atoms with Gasteiger partial charge in [-0.05, 0) is 6.07 Å². The summed E-state index contributed by atoms with van der Waals surface area (Å²) in [5.41, 5.74) is 6.09. The second kappa shape index (κ2) is 3.00. The lowest BCUT2D eigenvalue weighted by atomic mass is 10.1. The Morgan fingerprint density at radius 1 is 1.16 bits per heavy atom. The Balaban J connectivity index is 2.00. The van der Waals surface area contributed by atoms with Crippen LogP contribution in [0, 0.1) is 0 Å². The van der Waals surface area contributed by atoms with Crippen molar-refractivity contribution >= 4 is 11.2 Å². The van der Waals surface area contributed by atoms with Crippen molar-refractivity contribution in [1.29, 1.82) is 0 Å². The molecule has 5 rings (SSSR count). The Labute approximate surface area is 108 Å². The normalized spacial score (nSPS) is 13.1. The zero-order valence-electron chi connectivity index (χ0n) is 10.1. The minimum Gasteiger partial charge on any atom is -0.264 e. The number of fused-ring (bicyclic) bond motifs is 7. The first-order chi connectivity index (χ1) is 9.42. The van der Waals surface area contributed by atoms with Crippen LogP contribution in [0.1, 0.15) is 5.56 Å². The van der Waals surface area contributed by atoms with Crippen molar-refractivity contribution in [2.45, 2.75) is 6.54 Å². The van der Waals surface area contributed by atoms with Crippen molar-refractivity contribution in [2.24, 2.45) is 0 Å². The van der Waals surface area contributed by atoms with Crippen molar-refractivity contribution in [2.75, 3.05) is 0 Å². The third-order valence-corrected chi connectivity index (χ3v) is 3.79. The van der Waals surface area contributed by atoms with Crippen LogP contribution in [0.15, 0.2) is 49.6 Å². The summed E-state index contributed by atoms with van der Waals surface area (Å²) in [6, 6.07) is 2.09. The topological polar surface area (TPSA) is 39.2 Å². The van der Waals surface area contributed by atoms with Crippen molar-refractivity contribution < 1.29 is 4.40 Å². The molecule has 0 aromatic carbocycles. The van der Waals surface area contributed by atoms with Crippen LogP contribution in [0.5, 0.6) is 0 Å². The second-order valence-corrected chi connectivity index (χ2v) is 4.86. The molecule has 1 aliphatic heterocycles. The minimum atomic E-state index is 0.896. The second-order valence-electron chi connectivity index (χ2n) is 4.86. The lowest BCUT2D eigenvalue weighted by molar-refractivity contribution is -0.509. The average Bonchev–Trinajstić information content (AvgIpc) is 3.04. The molecule has 0 fully saturated rings. The van der Waals surface area contributed by atoms with Gasteiger partial charge in [-0.2, -0.15) is 0 Å². The summed E-state index contributed by atoms with van der Waals surface area (Å²) in [5, 5.41) is 0. The highest BCUT2D eigenvalue weighted by Crippen LogP contribution is 2.33. The molecule has 0 saturated heterocycles. The van der Waals surface area contributed by atoms with E-state index in [2.05, 4.69) is 41.9 Å². The van der Waals surface area contributed by atoms with Crippen LogP contribution in [-0.4, -0.2) is 18.9 Å². The number of hydrogen-bond acceptors (Lipinski definition) is 2. The Bertz CT molecular complexity index is 947. The molecule has 0 N–H and O–H groups in total. The standard InChI is InChI=1S/C14H10N5/c1-2-15-5-10-7-17-9-18-8-11-6-16-3-4-19(11)14(18)13(17)12(1)10/h1-6,8-9H,7H2/q+1. The third-order valence-electron chi connectivity index (χ3n) is 3.79. The van der Waals surface area contributed by atoms with Crippen LogP contribution >= 0.6 is 0 Å². The molecule has 4 aromatic heterocycles. The molecule has 5 nitrogen and oxygen atoms in total. The number of hydrogen-bond donors (Lipinski definition) is 0. The van der Waals surface area contributed by atoms with Gasteiger partial charge in [-0.3, -0.25) is 14.5 Å². The summed E-state index contributed by atoms with van der Waals surface area (Å²) >= 11 is 0. The molecule has 1 aliphatic rings. The molecule has 0 radical (unpaired) electrons. The maximum absolute atomic E-state index is 4.21. The van der Waals surface area contributed by atoms with E-state index in [-0.39, 0.29) is 0 Å². The van der Waals surface area contributed by atoms with Crippen molar-refractivity contribution in [1.82, 2.24) is 18.9 Å². The van der Waals surface area contributed by atoms with Gasteiger partial charge >= 0.3 is 0 Å². The summed E-state index contributed by atoms with van der Waals surface area (Å²) in [4.78, 5) is 8.39. The first-order valence-corrected chi connectivity index (χ1v) is 6.20. The maximum Gasteiger partial charge on any atom is 0.278 e. The number of aromatic nitrogens is 5. The summed E-state index contributed by atoms with van der Waals surface area (Å²) < 4.78 is 6.61. The average molecular weight is 248 g/mol. The molecule has 4 aromatic rings. The lowest BCUT2D eigenvalue weighted by Gasteiger charge is -1.93. The van der Waals surface area contributed by atoms with Crippen LogP contribution in [0.25, 0.3) is 22.4 Å². The van der Waals surface area contributed by atoms with E-state index in [1.54, 1.807) is 0 Å². The highest BCUT2D eigenvalue weighted by molar-refractivity contribution is 5.78. The molecule has 0 atom stereocenters. The highest BCUT2D eigenvalue weighted by atomic mass is 15.2. The summed E-state index contributed by atoms with van der Waals surface area (Å²) in [7, 11) is 0. The van der Waals surface area contributed by atoms with Gasteiger partial charge in [0.2, 0.25) is 0 Å². The molecule has 5 heterocycles. The van der Waals surface area contributed by atoms with Crippen LogP contribution in [-0.2, 0) is 6.54 Å². The Hall–Kier alpha value is -2.69. The first kappa shape index (κ1) is 9.27. The molecule has 90 valence electrons. The summed E-state index contributed by atoms with van der Waals surface area (Å²) in [5.74, 6) is 0. The van der Waals surface area contributed by atoms with E-state index in [9.17, 15) is 0 Å². The molecule has 0 aliphatic carbocycles. The first-order valence-electron chi connectivity index (χ1n) is 6.20. The van der Waals surface area contributed by atoms with Gasteiger partial charge in [0.15, 0.2) is 17.5 Å². The maximum atomic E-state index is 4.21. The van der Waals surface area contributed by atoms with Crippen molar-refractivity contribution in [3.63, 3.8) is 0 Å². The van der Waals surface area contributed by atoms with Crippen LogP contribution in [0.2, 0.25) is 0 Å². The summed E-state index contributed by atoms with van der Waals surface area (Å²) in [6.07, 6.45) is 13.8. The molecular formula is C14H10N5+. The smallest absolute Gasteiger partial charge is 0.264 e. The van der Waals surface area contributed by atoms with E-state index in [1.807, 2.05) is 31.0 Å². The molecule has 0 bridgehead atoms. The quantitative estimate of drug-likeness (QED) is 0.387. The van der Waals surface area contributed by atoms with Gasteiger partial charge in [0.25, 0.3) is 5.65 Å². The minimum absolute atomic E-state index is 0.896.